The van der Waals surface area contributed by atoms with Crippen LogP contribution in [0.5, 0.6) is 0 Å². The molecule has 0 fully saturated rings. The maximum absolute atomic E-state index is 11.8. The summed E-state index contributed by atoms with van der Waals surface area (Å²) in [7, 11) is 0. The molecule has 2 amide bonds. The average molecular weight is 229 g/mol. The molecule has 0 aliphatic carbocycles. The zero-order chi connectivity index (χ0) is 12.7. The summed E-state index contributed by atoms with van der Waals surface area (Å²) >= 11 is 0. The smallest absolute Gasteiger partial charge is 0.242 e. The van der Waals surface area contributed by atoms with E-state index in [1.165, 1.54) is 0 Å². The monoisotopic (exact) mass is 229 g/mol. The fourth-order valence-corrected chi connectivity index (χ4v) is 1.40. The van der Waals surface area contributed by atoms with E-state index >= 15 is 0 Å². The zero-order valence-corrected chi connectivity index (χ0v) is 10.5. The predicted octanol–water partition coefficient (Wildman–Crippen LogP) is -0.142. The molecule has 0 bridgehead atoms. The first-order valence-electron chi connectivity index (χ1n) is 5.72. The van der Waals surface area contributed by atoms with E-state index in [4.69, 9.17) is 5.73 Å². The fraction of sp³-hybridized carbons (Fsp3) is 0.818. The summed E-state index contributed by atoms with van der Waals surface area (Å²) in [6.45, 7) is 8.23. The Morgan fingerprint density at radius 2 is 1.75 bits per heavy atom. The van der Waals surface area contributed by atoms with Gasteiger partial charge in [-0.3, -0.25) is 9.59 Å². The van der Waals surface area contributed by atoms with Gasteiger partial charge in [-0.25, -0.2) is 0 Å². The van der Waals surface area contributed by atoms with Gasteiger partial charge < -0.3 is 16.4 Å². The standard InChI is InChI=1S/C11H23N3O2/c1-5-13-10(15)8(4)14-11(16)9(6-12)7(2)3/h7-9H,5-6,12H2,1-4H3,(H,13,15)(H,14,16). The van der Waals surface area contributed by atoms with Gasteiger partial charge in [-0.15, -0.1) is 0 Å². The van der Waals surface area contributed by atoms with E-state index in [2.05, 4.69) is 10.6 Å². The topological polar surface area (TPSA) is 84.2 Å². The van der Waals surface area contributed by atoms with Gasteiger partial charge in [0, 0.05) is 13.1 Å². The van der Waals surface area contributed by atoms with Crippen LogP contribution in [0.3, 0.4) is 0 Å². The number of amides is 2. The highest BCUT2D eigenvalue weighted by atomic mass is 16.2. The summed E-state index contributed by atoms with van der Waals surface area (Å²) in [5.41, 5.74) is 5.52. The van der Waals surface area contributed by atoms with E-state index in [9.17, 15) is 9.59 Å². The number of carbonyl (C=O) groups excluding carboxylic acids is 2. The fourth-order valence-electron chi connectivity index (χ4n) is 1.40. The van der Waals surface area contributed by atoms with Gasteiger partial charge in [0.25, 0.3) is 0 Å². The molecule has 5 nitrogen and oxygen atoms in total. The van der Waals surface area contributed by atoms with Gasteiger partial charge in [-0.2, -0.15) is 0 Å². The van der Waals surface area contributed by atoms with Crippen molar-refractivity contribution in [1.82, 2.24) is 10.6 Å². The van der Waals surface area contributed by atoms with Crippen molar-refractivity contribution in [2.45, 2.75) is 33.7 Å². The summed E-state index contributed by atoms with van der Waals surface area (Å²) in [4.78, 5) is 23.2. The summed E-state index contributed by atoms with van der Waals surface area (Å²) in [5.74, 6) is -0.394. The third-order valence-electron chi connectivity index (χ3n) is 2.50. The Balaban J connectivity index is 4.27. The average Bonchev–Trinajstić information content (AvgIpc) is 2.18. The first kappa shape index (κ1) is 14.9. The molecule has 5 heteroatoms. The second-order valence-corrected chi connectivity index (χ2v) is 4.21. The van der Waals surface area contributed by atoms with Gasteiger partial charge in [0.1, 0.15) is 6.04 Å². The van der Waals surface area contributed by atoms with Gasteiger partial charge in [0.15, 0.2) is 0 Å². The number of hydrogen-bond acceptors (Lipinski definition) is 3. The van der Waals surface area contributed by atoms with Crippen molar-refractivity contribution < 1.29 is 9.59 Å². The van der Waals surface area contributed by atoms with Crippen LogP contribution in [-0.4, -0.2) is 30.9 Å². The number of nitrogens with one attached hydrogen (secondary N) is 2. The quantitative estimate of drug-likeness (QED) is 0.592. The third-order valence-corrected chi connectivity index (χ3v) is 2.50. The zero-order valence-electron chi connectivity index (χ0n) is 10.5. The van der Waals surface area contributed by atoms with Crippen LogP contribution in [0.4, 0.5) is 0 Å². The highest BCUT2D eigenvalue weighted by Crippen LogP contribution is 2.09. The number of hydrogen-bond donors (Lipinski definition) is 3. The van der Waals surface area contributed by atoms with E-state index in [1.807, 2.05) is 20.8 Å². The molecule has 0 saturated heterocycles. The molecule has 0 aromatic rings. The predicted molar refractivity (Wildman–Crippen MR) is 63.7 cm³/mol. The Hall–Kier alpha value is -1.10. The Morgan fingerprint density at radius 1 is 1.19 bits per heavy atom. The number of rotatable bonds is 6. The van der Waals surface area contributed by atoms with Gasteiger partial charge in [0.05, 0.1) is 5.92 Å². The Kier molecular flexibility index (Phi) is 6.72. The van der Waals surface area contributed by atoms with Crippen molar-refractivity contribution in [2.24, 2.45) is 17.6 Å². The largest absolute Gasteiger partial charge is 0.355 e. The van der Waals surface area contributed by atoms with Crippen LogP contribution in [0, 0.1) is 11.8 Å². The van der Waals surface area contributed by atoms with E-state index in [0.717, 1.165) is 0 Å². The number of likely N-dealkylation sites (N-methyl/N-ethyl adjacent to an activating group) is 1. The molecule has 0 heterocycles. The van der Waals surface area contributed by atoms with Crippen LogP contribution < -0.4 is 16.4 Å². The second-order valence-electron chi connectivity index (χ2n) is 4.21. The van der Waals surface area contributed by atoms with Gasteiger partial charge in [-0.05, 0) is 19.8 Å². The molecule has 16 heavy (non-hydrogen) atoms. The number of nitrogens with two attached hydrogens (primary N) is 1. The minimum Gasteiger partial charge on any atom is -0.355 e. The highest BCUT2D eigenvalue weighted by molar-refractivity contribution is 5.88. The maximum Gasteiger partial charge on any atom is 0.242 e. The molecule has 0 aliphatic heterocycles. The van der Waals surface area contributed by atoms with Crippen LogP contribution in [0.1, 0.15) is 27.7 Å². The Labute approximate surface area is 97.2 Å². The summed E-state index contributed by atoms with van der Waals surface area (Å²) < 4.78 is 0. The molecule has 0 aromatic heterocycles. The van der Waals surface area contributed by atoms with Crippen LogP contribution in [0.15, 0.2) is 0 Å². The van der Waals surface area contributed by atoms with Crippen LogP contribution in [0.2, 0.25) is 0 Å². The van der Waals surface area contributed by atoms with Gasteiger partial charge in [-0.1, -0.05) is 13.8 Å². The van der Waals surface area contributed by atoms with Gasteiger partial charge >= 0.3 is 0 Å². The molecule has 2 unspecified atom stereocenters. The van der Waals surface area contributed by atoms with Crippen molar-refractivity contribution in [3.8, 4) is 0 Å². The highest BCUT2D eigenvalue weighted by Gasteiger charge is 2.23. The molecular formula is C11H23N3O2. The lowest BCUT2D eigenvalue weighted by atomic mass is 9.95. The molecule has 0 saturated carbocycles. The first-order chi connectivity index (χ1) is 7.43. The van der Waals surface area contributed by atoms with Crippen molar-refractivity contribution in [1.29, 1.82) is 0 Å². The molecule has 94 valence electrons. The van der Waals surface area contributed by atoms with Crippen LogP contribution in [0.25, 0.3) is 0 Å². The molecule has 4 N–H and O–H groups in total. The lowest BCUT2D eigenvalue weighted by Gasteiger charge is -2.21. The third kappa shape index (κ3) is 4.61. The van der Waals surface area contributed by atoms with E-state index < -0.39 is 6.04 Å². The lowest BCUT2D eigenvalue weighted by molar-refractivity contribution is -0.131. The van der Waals surface area contributed by atoms with E-state index in [1.54, 1.807) is 6.92 Å². The molecule has 0 radical (unpaired) electrons. The van der Waals surface area contributed by atoms with E-state index in [0.29, 0.717) is 13.1 Å². The second kappa shape index (κ2) is 7.22. The molecular weight excluding hydrogens is 206 g/mol. The van der Waals surface area contributed by atoms with Gasteiger partial charge in [0.2, 0.25) is 11.8 Å². The molecule has 0 spiro atoms. The first-order valence-corrected chi connectivity index (χ1v) is 5.72. The normalized spacial score (nSPS) is 14.4. The SMILES string of the molecule is CCNC(=O)C(C)NC(=O)C(CN)C(C)C. The summed E-state index contributed by atoms with van der Waals surface area (Å²) in [6, 6.07) is -0.514. The van der Waals surface area contributed by atoms with Crippen molar-refractivity contribution >= 4 is 11.8 Å². The molecule has 0 aromatic carbocycles. The minimum atomic E-state index is -0.514. The molecule has 2 atom stereocenters. The van der Waals surface area contributed by atoms with E-state index in [-0.39, 0.29) is 23.7 Å². The molecule has 0 rings (SSSR count). The molecule has 0 aliphatic rings. The maximum atomic E-state index is 11.8. The summed E-state index contributed by atoms with van der Waals surface area (Å²) in [6.07, 6.45) is 0. The van der Waals surface area contributed by atoms with Crippen molar-refractivity contribution in [2.75, 3.05) is 13.1 Å². The van der Waals surface area contributed by atoms with Crippen LogP contribution in [-0.2, 0) is 9.59 Å². The van der Waals surface area contributed by atoms with Crippen molar-refractivity contribution in [3.05, 3.63) is 0 Å². The lowest BCUT2D eigenvalue weighted by Crippen LogP contribution is -2.48. The Bertz CT molecular complexity index is 241. The summed E-state index contributed by atoms with van der Waals surface area (Å²) in [5, 5.41) is 5.32. The Morgan fingerprint density at radius 3 is 2.12 bits per heavy atom. The van der Waals surface area contributed by atoms with Crippen LogP contribution >= 0.6 is 0 Å². The minimum absolute atomic E-state index is 0.156. The van der Waals surface area contributed by atoms with Crippen molar-refractivity contribution in [3.63, 3.8) is 0 Å². The number of carbonyl (C=O) groups is 2.